The molecule has 120 valence electrons. The van der Waals surface area contributed by atoms with Crippen molar-refractivity contribution in [2.75, 3.05) is 7.11 Å². The molecule has 0 aliphatic carbocycles. The fourth-order valence-electron chi connectivity index (χ4n) is 2.75. The lowest BCUT2D eigenvalue weighted by molar-refractivity contribution is 0.406. The first kappa shape index (κ1) is 14.7. The third kappa shape index (κ3) is 2.72. The van der Waals surface area contributed by atoms with Gasteiger partial charge in [-0.25, -0.2) is 5.16 Å². The number of rotatable bonds is 4. The van der Waals surface area contributed by atoms with Gasteiger partial charge in [-0.2, -0.15) is 4.98 Å². The van der Waals surface area contributed by atoms with E-state index in [1.54, 1.807) is 7.11 Å². The standard InChI is InChI=1S/C18H15N3O2S/c1-22-15-6-2-12(3-7-15)11-21-9-8-13-4-5-14(10-16(13)21)17-19-18(24)23-20-17/h2-10H,11H2,1H3,(H,19,20,24). The van der Waals surface area contributed by atoms with Crippen LogP contribution in [0.5, 0.6) is 5.75 Å². The first-order valence-electron chi connectivity index (χ1n) is 7.50. The molecule has 0 unspecified atom stereocenters. The Morgan fingerprint density at radius 3 is 2.71 bits per heavy atom. The van der Waals surface area contributed by atoms with Crippen molar-refractivity contribution in [3.05, 3.63) is 65.1 Å². The molecule has 5 nitrogen and oxygen atoms in total. The number of fused-ring (bicyclic) bond motifs is 1. The third-order valence-corrected chi connectivity index (χ3v) is 4.17. The zero-order chi connectivity index (χ0) is 16.5. The summed E-state index contributed by atoms with van der Waals surface area (Å²) in [4.78, 5) is 4.38. The second-order valence-corrected chi connectivity index (χ2v) is 5.84. The van der Waals surface area contributed by atoms with E-state index in [0.29, 0.717) is 5.82 Å². The van der Waals surface area contributed by atoms with Gasteiger partial charge in [0.05, 0.1) is 7.11 Å². The van der Waals surface area contributed by atoms with Crippen LogP contribution >= 0.6 is 12.2 Å². The number of hydrogen-bond donors (Lipinski definition) is 1. The van der Waals surface area contributed by atoms with Crippen LogP contribution < -0.4 is 4.74 Å². The topological polar surface area (TPSA) is 56.0 Å². The largest absolute Gasteiger partial charge is 0.497 e. The molecule has 2 heterocycles. The summed E-state index contributed by atoms with van der Waals surface area (Å²) >= 11 is 4.92. The average Bonchev–Trinajstić information content (AvgIpc) is 3.22. The fourth-order valence-corrected chi connectivity index (χ4v) is 2.88. The molecule has 4 rings (SSSR count). The van der Waals surface area contributed by atoms with Gasteiger partial charge in [0.15, 0.2) is 5.82 Å². The van der Waals surface area contributed by atoms with Crippen molar-refractivity contribution in [2.24, 2.45) is 0 Å². The quantitative estimate of drug-likeness (QED) is 0.560. The minimum Gasteiger partial charge on any atom is -0.497 e. The highest BCUT2D eigenvalue weighted by Crippen LogP contribution is 2.24. The van der Waals surface area contributed by atoms with E-state index in [1.807, 2.05) is 18.2 Å². The van der Waals surface area contributed by atoms with Crippen LogP contribution in [0.1, 0.15) is 5.56 Å². The van der Waals surface area contributed by atoms with Crippen LogP contribution in [0.15, 0.2) is 59.3 Å². The molecule has 2 aromatic heterocycles. The van der Waals surface area contributed by atoms with E-state index in [-0.39, 0.29) is 4.84 Å². The van der Waals surface area contributed by atoms with Crippen LogP contribution in [0, 0.1) is 4.84 Å². The van der Waals surface area contributed by atoms with E-state index in [2.05, 4.69) is 51.2 Å². The second kappa shape index (κ2) is 5.98. The maximum absolute atomic E-state index is 5.21. The van der Waals surface area contributed by atoms with Gasteiger partial charge < -0.3 is 13.8 Å². The summed E-state index contributed by atoms with van der Waals surface area (Å²) in [5, 5.41) is 3.92. The first-order valence-corrected chi connectivity index (χ1v) is 7.91. The Morgan fingerprint density at radius 1 is 1.17 bits per heavy atom. The maximum Gasteiger partial charge on any atom is 0.314 e. The predicted octanol–water partition coefficient (Wildman–Crippen LogP) is 4.41. The number of H-pyrrole nitrogens is 1. The Balaban J connectivity index is 1.71. The normalized spacial score (nSPS) is 11.0. The lowest BCUT2D eigenvalue weighted by Crippen LogP contribution is -1.98. The molecule has 4 aromatic rings. The fraction of sp³-hybridized carbons (Fsp3) is 0.111. The van der Waals surface area contributed by atoms with Gasteiger partial charge in [0, 0.05) is 23.8 Å². The zero-order valence-corrected chi connectivity index (χ0v) is 13.8. The summed E-state index contributed by atoms with van der Waals surface area (Å²) in [7, 11) is 1.67. The zero-order valence-electron chi connectivity index (χ0n) is 13.0. The van der Waals surface area contributed by atoms with Crippen LogP contribution in [0.3, 0.4) is 0 Å². The molecule has 0 spiro atoms. The van der Waals surface area contributed by atoms with Crippen molar-refractivity contribution >= 4 is 23.1 Å². The average molecular weight is 337 g/mol. The molecule has 2 aromatic carbocycles. The monoisotopic (exact) mass is 337 g/mol. The molecule has 0 aliphatic rings. The van der Waals surface area contributed by atoms with Crippen LogP contribution in [-0.2, 0) is 6.54 Å². The highest BCUT2D eigenvalue weighted by atomic mass is 32.1. The van der Waals surface area contributed by atoms with Crippen LogP contribution in [0.4, 0.5) is 0 Å². The van der Waals surface area contributed by atoms with Gasteiger partial charge in [0.25, 0.3) is 0 Å². The number of nitrogens with zero attached hydrogens (tertiary/aromatic N) is 2. The maximum atomic E-state index is 5.21. The van der Waals surface area contributed by atoms with Crippen molar-refractivity contribution in [1.29, 1.82) is 0 Å². The molecular weight excluding hydrogens is 322 g/mol. The van der Waals surface area contributed by atoms with Gasteiger partial charge in [-0.1, -0.05) is 24.3 Å². The summed E-state index contributed by atoms with van der Waals surface area (Å²) in [5.41, 5.74) is 3.28. The van der Waals surface area contributed by atoms with Gasteiger partial charge >= 0.3 is 4.84 Å². The summed E-state index contributed by atoms with van der Waals surface area (Å²) in [6, 6.07) is 16.4. The van der Waals surface area contributed by atoms with E-state index < -0.39 is 0 Å². The first-order chi connectivity index (χ1) is 11.7. The molecule has 0 amide bonds. The second-order valence-electron chi connectivity index (χ2n) is 5.50. The Labute approximate surface area is 143 Å². The van der Waals surface area contributed by atoms with Crippen LogP contribution in [-0.4, -0.2) is 21.8 Å². The summed E-state index contributed by atoms with van der Waals surface area (Å²) < 4.78 is 12.4. The third-order valence-electron chi connectivity index (χ3n) is 4.00. The highest BCUT2D eigenvalue weighted by Gasteiger charge is 2.07. The number of methoxy groups -OCH3 is 1. The van der Waals surface area contributed by atoms with E-state index in [1.165, 1.54) is 10.9 Å². The number of benzene rings is 2. The predicted molar refractivity (Wildman–Crippen MR) is 94.7 cm³/mol. The van der Waals surface area contributed by atoms with Crippen molar-refractivity contribution < 1.29 is 9.26 Å². The van der Waals surface area contributed by atoms with E-state index in [4.69, 9.17) is 21.5 Å². The van der Waals surface area contributed by atoms with Crippen LogP contribution in [0.2, 0.25) is 0 Å². The highest BCUT2D eigenvalue weighted by molar-refractivity contribution is 7.71. The van der Waals surface area contributed by atoms with Gasteiger partial charge in [0.2, 0.25) is 0 Å². The van der Waals surface area contributed by atoms with Gasteiger partial charge in [-0.15, -0.1) is 0 Å². The van der Waals surface area contributed by atoms with Crippen molar-refractivity contribution in [1.82, 2.24) is 14.7 Å². The smallest absolute Gasteiger partial charge is 0.314 e. The Kier molecular flexibility index (Phi) is 3.66. The van der Waals surface area contributed by atoms with Gasteiger partial charge in [0.1, 0.15) is 5.75 Å². The molecule has 0 bridgehead atoms. The number of nitrogens with one attached hydrogen (secondary N) is 1. The molecule has 0 saturated heterocycles. The summed E-state index contributed by atoms with van der Waals surface area (Å²) in [6.07, 6.45) is 2.09. The van der Waals surface area contributed by atoms with Gasteiger partial charge in [-0.3, -0.25) is 0 Å². The van der Waals surface area contributed by atoms with Crippen molar-refractivity contribution in [2.45, 2.75) is 6.54 Å². The SMILES string of the molecule is COc1ccc(Cn2ccc3ccc(-c4nc(=S)o[nH]4)cc32)cc1. The molecule has 0 atom stereocenters. The number of aromatic amines is 1. The van der Waals surface area contributed by atoms with Crippen molar-refractivity contribution in [3.8, 4) is 17.1 Å². The molecule has 0 radical (unpaired) electrons. The molecule has 24 heavy (non-hydrogen) atoms. The van der Waals surface area contributed by atoms with E-state index in [0.717, 1.165) is 23.4 Å². The Morgan fingerprint density at radius 2 is 2.00 bits per heavy atom. The van der Waals surface area contributed by atoms with E-state index in [9.17, 15) is 0 Å². The Bertz CT molecular complexity index is 1040. The molecule has 0 saturated carbocycles. The minimum atomic E-state index is 0.207. The lowest BCUT2D eigenvalue weighted by atomic mass is 10.1. The molecule has 6 heteroatoms. The molecule has 0 fully saturated rings. The summed E-state index contributed by atoms with van der Waals surface area (Å²) in [5.74, 6) is 1.50. The lowest BCUT2D eigenvalue weighted by Gasteiger charge is -2.07. The Hall–Kier alpha value is -2.86. The number of hydrogen-bond acceptors (Lipinski definition) is 4. The van der Waals surface area contributed by atoms with Gasteiger partial charge in [-0.05, 0) is 47.4 Å². The minimum absolute atomic E-state index is 0.207. The van der Waals surface area contributed by atoms with Crippen LogP contribution in [0.25, 0.3) is 22.3 Å². The molecular formula is C18H15N3O2S. The van der Waals surface area contributed by atoms with E-state index >= 15 is 0 Å². The van der Waals surface area contributed by atoms with Crippen molar-refractivity contribution in [3.63, 3.8) is 0 Å². The summed E-state index contributed by atoms with van der Waals surface area (Å²) in [6.45, 7) is 0.783. The number of aromatic nitrogens is 3. The molecule has 0 aliphatic heterocycles. The molecule has 1 N–H and O–H groups in total. The number of ether oxygens (including phenoxy) is 1.